The molecule has 0 saturated heterocycles. The fourth-order valence-electron chi connectivity index (χ4n) is 2.42. The lowest BCUT2D eigenvalue weighted by molar-refractivity contribution is 0.352. The van der Waals surface area contributed by atoms with E-state index in [4.69, 9.17) is 26.8 Å². The molecule has 1 fully saturated rings. The number of hydrogen-bond acceptors (Lipinski definition) is 3. The van der Waals surface area contributed by atoms with Crippen molar-refractivity contribution in [2.45, 2.75) is 25.2 Å². The highest BCUT2D eigenvalue weighted by Gasteiger charge is 2.44. The number of benzene rings is 1. The molecule has 0 aromatic heterocycles. The van der Waals surface area contributed by atoms with E-state index in [9.17, 15) is 0 Å². The lowest BCUT2D eigenvalue weighted by atomic mass is 9.91. The van der Waals surface area contributed by atoms with Crippen LogP contribution in [0.25, 0.3) is 0 Å². The van der Waals surface area contributed by atoms with Crippen molar-refractivity contribution in [2.24, 2.45) is 5.73 Å². The fraction of sp³-hybridized carbons (Fsp3) is 0.538. The van der Waals surface area contributed by atoms with E-state index in [0.29, 0.717) is 17.3 Å². The molecule has 2 N–H and O–H groups in total. The molecular formula is C13H18ClNO2. The van der Waals surface area contributed by atoms with Crippen molar-refractivity contribution < 1.29 is 9.47 Å². The summed E-state index contributed by atoms with van der Waals surface area (Å²) in [6, 6.07) is 1.97. The SMILES string of the molecule is COc1c(Cl)cc(C2(CN)CC2)c(C)c1OC. The van der Waals surface area contributed by atoms with Gasteiger partial charge in [-0.15, -0.1) is 0 Å². The predicted octanol–water partition coefficient (Wildman–Crippen LogP) is 2.66. The van der Waals surface area contributed by atoms with Gasteiger partial charge in [0.25, 0.3) is 0 Å². The van der Waals surface area contributed by atoms with Gasteiger partial charge in [0.05, 0.1) is 19.2 Å². The van der Waals surface area contributed by atoms with Crippen LogP contribution in [0.15, 0.2) is 6.07 Å². The highest BCUT2D eigenvalue weighted by molar-refractivity contribution is 6.32. The molecule has 1 saturated carbocycles. The highest BCUT2D eigenvalue weighted by atomic mass is 35.5. The van der Waals surface area contributed by atoms with Crippen LogP contribution in [0.5, 0.6) is 11.5 Å². The van der Waals surface area contributed by atoms with Crippen molar-refractivity contribution in [2.75, 3.05) is 20.8 Å². The number of methoxy groups -OCH3 is 2. The molecule has 1 aliphatic rings. The van der Waals surface area contributed by atoms with E-state index in [1.165, 1.54) is 5.56 Å². The summed E-state index contributed by atoms with van der Waals surface area (Å²) in [5, 5.41) is 0.588. The molecule has 1 aliphatic carbocycles. The molecule has 4 heteroatoms. The third-order valence-electron chi connectivity index (χ3n) is 3.66. The lowest BCUT2D eigenvalue weighted by Crippen LogP contribution is -2.21. The summed E-state index contributed by atoms with van der Waals surface area (Å²) in [5.41, 5.74) is 8.25. The highest BCUT2D eigenvalue weighted by Crippen LogP contribution is 2.52. The number of halogens is 1. The van der Waals surface area contributed by atoms with Gasteiger partial charge in [-0.2, -0.15) is 0 Å². The van der Waals surface area contributed by atoms with Gasteiger partial charge in [-0.25, -0.2) is 0 Å². The van der Waals surface area contributed by atoms with Crippen LogP contribution < -0.4 is 15.2 Å². The molecule has 1 aromatic rings. The molecule has 0 heterocycles. The van der Waals surface area contributed by atoms with E-state index in [1.807, 2.05) is 13.0 Å². The van der Waals surface area contributed by atoms with Gasteiger partial charge in [0.2, 0.25) is 0 Å². The molecule has 3 nitrogen and oxygen atoms in total. The van der Waals surface area contributed by atoms with Crippen molar-refractivity contribution in [1.29, 1.82) is 0 Å². The zero-order chi connectivity index (χ0) is 12.6. The molecular weight excluding hydrogens is 238 g/mol. The quantitative estimate of drug-likeness (QED) is 0.900. The summed E-state index contributed by atoms with van der Waals surface area (Å²) < 4.78 is 10.7. The monoisotopic (exact) mass is 255 g/mol. The van der Waals surface area contributed by atoms with Crippen LogP contribution in [0.2, 0.25) is 5.02 Å². The standard InChI is InChI=1S/C13H18ClNO2/c1-8-9(13(7-15)4-5-13)6-10(14)12(17-3)11(8)16-2/h6H,4-5,7,15H2,1-3H3. The second kappa shape index (κ2) is 4.39. The first-order chi connectivity index (χ1) is 8.09. The molecule has 17 heavy (non-hydrogen) atoms. The molecule has 0 radical (unpaired) electrons. The molecule has 0 atom stereocenters. The van der Waals surface area contributed by atoms with Crippen LogP contribution in [0.1, 0.15) is 24.0 Å². The predicted molar refractivity (Wildman–Crippen MR) is 69.3 cm³/mol. The first-order valence-electron chi connectivity index (χ1n) is 5.71. The molecule has 1 aromatic carbocycles. The summed E-state index contributed by atoms with van der Waals surface area (Å²) in [6.07, 6.45) is 2.24. The Morgan fingerprint density at radius 1 is 1.29 bits per heavy atom. The van der Waals surface area contributed by atoms with E-state index >= 15 is 0 Å². The number of nitrogens with two attached hydrogens (primary N) is 1. The first kappa shape index (κ1) is 12.5. The topological polar surface area (TPSA) is 44.5 Å². The molecule has 2 rings (SSSR count). The van der Waals surface area contributed by atoms with Crippen LogP contribution in [-0.4, -0.2) is 20.8 Å². The van der Waals surface area contributed by atoms with E-state index in [-0.39, 0.29) is 5.41 Å². The van der Waals surface area contributed by atoms with Gasteiger partial charge in [-0.1, -0.05) is 11.6 Å². The summed E-state index contributed by atoms with van der Waals surface area (Å²) in [5.74, 6) is 1.32. The molecule has 0 amide bonds. The molecule has 0 unspecified atom stereocenters. The lowest BCUT2D eigenvalue weighted by Gasteiger charge is -2.21. The van der Waals surface area contributed by atoms with Crippen LogP contribution in [0.4, 0.5) is 0 Å². The van der Waals surface area contributed by atoms with Gasteiger partial charge in [0.1, 0.15) is 0 Å². The summed E-state index contributed by atoms with van der Waals surface area (Å²) in [4.78, 5) is 0. The number of rotatable bonds is 4. The summed E-state index contributed by atoms with van der Waals surface area (Å²) >= 11 is 6.23. The maximum atomic E-state index is 6.23. The molecule has 0 spiro atoms. The van der Waals surface area contributed by atoms with Crippen molar-refractivity contribution >= 4 is 11.6 Å². The van der Waals surface area contributed by atoms with Crippen molar-refractivity contribution in [3.8, 4) is 11.5 Å². The van der Waals surface area contributed by atoms with Crippen LogP contribution in [-0.2, 0) is 5.41 Å². The second-order valence-corrected chi connectivity index (χ2v) is 4.99. The number of hydrogen-bond donors (Lipinski definition) is 1. The third kappa shape index (κ3) is 1.87. The Morgan fingerprint density at radius 2 is 1.88 bits per heavy atom. The Bertz CT molecular complexity index is 442. The normalized spacial score (nSPS) is 16.8. The van der Waals surface area contributed by atoms with Gasteiger partial charge >= 0.3 is 0 Å². The first-order valence-corrected chi connectivity index (χ1v) is 6.09. The maximum Gasteiger partial charge on any atom is 0.179 e. The maximum absolute atomic E-state index is 6.23. The Kier molecular flexibility index (Phi) is 3.23. The Labute approximate surface area is 107 Å². The second-order valence-electron chi connectivity index (χ2n) is 4.58. The summed E-state index contributed by atoms with van der Waals surface area (Å²) in [6.45, 7) is 2.68. The average molecular weight is 256 g/mol. The van der Waals surface area contributed by atoms with Crippen molar-refractivity contribution in [1.82, 2.24) is 0 Å². The number of ether oxygens (including phenoxy) is 2. The van der Waals surface area contributed by atoms with Gasteiger partial charge in [-0.05, 0) is 37.0 Å². The fourth-order valence-corrected chi connectivity index (χ4v) is 2.69. The zero-order valence-corrected chi connectivity index (χ0v) is 11.2. The third-order valence-corrected chi connectivity index (χ3v) is 3.94. The van der Waals surface area contributed by atoms with Gasteiger partial charge < -0.3 is 15.2 Å². The van der Waals surface area contributed by atoms with Crippen molar-refractivity contribution in [3.05, 3.63) is 22.2 Å². The van der Waals surface area contributed by atoms with E-state index in [0.717, 1.165) is 24.2 Å². The smallest absolute Gasteiger partial charge is 0.179 e. The van der Waals surface area contributed by atoms with Gasteiger partial charge in [0.15, 0.2) is 11.5 Å². The van der Waals surface area contributed by atoms with Gasteiger partial charge in [0, 0.05) is 12.0 Å². The minimum Gasteiger partial charge on any atom is -0.493 e. The van der Waals surface area contributed by atoms with Gasteiger partial charge in [-0.3, -0.25) is 0 Å². The van der Waals surface area contributed by atoms with Crippen LogP contribution in [0, 0.1) is 6.92 Å². The largest absolute Gasteiger partial charge is 0.493 e. The Hall–Kier alpha value is -0.930. The molecule has 0 bridgehead atoms. The zero-order valence-electron chi connectivity index (χ0n) is 10.5. The van der Waals surface area contributed by atoms with Crippen LogP contribution in [0.3, 0.4) is 0 Å². The minimum atomic E-state index is 0.104. The van der Waals surface area contributed by atoms with E-state index in [2.05, 4.69) is 0 Å². The van der Waals surface area contributed by atoms with E-state index < -0.39 is 0 Å². The summed E-state index contributed by atoms with van der Waals surface area (Å²) in [7, 11) is 3.23. The average Bonchev–Trinajstić information content (AvgIpc) is 3.11. The Balaban J connectivity index is 2.59. The Morgan fingerprint density at radius 3 is 2.29 bits per heavy atom. The van der Waals surface area contributed by atoms with Crippen LogP contribution >= 0.6 is 11.6 Å². The molecule has 0 aliphatic heterocycles. The van der Waals surface area contributed by atoms with Crippen molar-refractivity contribution in [3.63, 3.8) is 0 Å². The minimum absolute atomic E-state index is 0.104. The van der Waals surface area contributed by atoms with E-state index in [1.54, 1.807) is 14.2 Å². The molecule has 94 valence electrons.